The number of carbonyl (C=O) groups excluding carboxylic acids is 2. The van der Waals surface area contributed by atoms with Gasteiger partial charge in [-0.1, -0.05) is 24.3 Å². The zero-order valence-corrected chi connectivity index (χ0v) is 15.1. The molecule has 144 valence electrons. The van der Waals surface area contributed by atoms with Crippen molar-refractivity contribution in [2.45, 2.75) is 0 Å². The van der Waals surface area contributed by atoms with Gasteiger partial charge in [0.15, 0.2) is 0 Å². The largest absolute Gasteiger partial charge is 0.459 e. The fourth-order valence-corrected chi connectivity index (χ4v) is 2.85. The number of benzene rings is 1. The van der Waals surface area contributed by atoms with Crippen LogP contribution < -0.4 is 0 Å². The maximum Gasteiger partial charge on any atom is 0.357 e. The molecule has 0 amide bonds. The Morgan fingerprint density at radius 2 is 0.964 bits per heavy atom. The molecule has 1 aromatic carbocycles. The van der Waals surface area contributed by atoms with E-state index in [0.717, 1.165) is 10.8 Å². The van der Waals surface area contributed by atoms with Crippen molar-refractivity contribution < 1.29 is 28.5 Å². The summed E-state index contributed by atoms with van der Waals surface area (Å²) in [6, 6.07) is 10.5. The van der Waals surface area contributed by atoms with Crippen LogP contribution in [0.1, 0.15) is 21.0 Å². The van der Waals surface area contributed by atoms with Gasteiger partial charge in [0, 0.05) is 10.8 Å². The number of cyclic esters (lactones) is 2. The van der Waals surface area contributed by atoms with E-state index in [-0.39, 0.29) is 37.8 Å². The second-order valence-electron chi connectivity index (χ2n) is 6.10. The summed E-state index contributed by atoms with van der Waals surface area (Å²) < 4.78 is 21.1. The van der Waals surface area contributed by atoms with Crippen molar-refractivity contribution in [3.63, 3.8) is 0 Å². The highest BCUT2D eigenvalue weighted by atomic mass is 16.6. The Labute approximate surface area is 160 Å². The molecule has 1 aliphatic rings. The third kappa shape index (κ3) is 3.92. The highest BCUT2D eigenvalue weighted by Gasteiger charge is 2.15. The topological polar surface area (TPSA) is 96.8 Å². The van der Waals surface area contributed by atoms with E-state index >= 15 is 0 Å². The highest BCUT2D eigenvalue weighted by Crippen LogP contribution is 2.23. The maximum atomic E-state index is 12.3. The van der Waals surface area contributed by atoms with Crippen LogP contribution in [-0.4, -0.2) is 61.5 Å². The smallest absolute Gasteiger partial charge is 0.357 e. The Morgan fingerprint density at radius 3 is 1.43 bits per heavy atom. The molecule has 0 radical (unpaired) electrons. The number of fused-ring (bicyclic) bond motifs is 2. The van der Waals surface area contributed by atoms with E-state index in [0.29, 0.717) is 24.2 Å². The molecular formula is C20H18N2O6. The van der Waals surface area contributed by atoms with Crippen molar-refractivity contribution in [1.29, 1.82) is 0 Å². The molecule has 4 rings (SSSR count). The molecule has 8 heteroatoms. The fraction of sp³-hybridized carbons (Fsp3) is 0.300. The minimum Gasteiger partial charge on any atom is -0.459 e. The summed E-state index contributed by atoms with van der Waals surface area (Å²) >= 11 is 0. The van der Waals surface area contributed by atoms with Crippen LogP contribution in [0, 0.1) is 0 Å². The Kier molecular flexibility index (Phi) is 5.41. The van der Waals surface area contributed by atoms with Crippen LogP contribution in [-0.2, 0) is 18.9 Å². The van der Waals surface area contributed by atoms with E-state index in [1.165, 1.54) is 0 Å². The second kappa shape index (κ2) is 8.28. The molecule has 0 unspecified atom stereocenters. The summed E-state index contributed by atoms with van der Waals surface area (Å²) in [5.74, 6) is -1.09. The van der Waals surface area contributed by atoms with Crippen LogP contribution in [0.25, 0.3) is 21.8 Å². The number of esters is 2. The van der Waals surface area contributed by atoms with Gasteiger partial charge in [-0.15, -0.1) is 0 Å². The van der Waals surface area contributed by atoms with E-state index < -0.39 is 11.9 Å². The van der Waals surface area contributed by atoms with Gasteiger partial charge in [-0.25, -0.2) is 19.6 Å². The highest BCUT2D eigenvalue weighted by molar-refractivity contribution is 6.05. The summed E-state index contributed by atoms with van der Waals surface area (Å²) in [7, 11) is 0. The van der Waals surface area contributed by atoms with Crippen molar-refractivity contribution in [2.75, 3.05) is 39.6 Å². The lowest BCUT2D eigenvalue weighted by atomic mass is 10.1. The van der Waals surface area contributed by atoms with Crippen LogP contribution >= 0.6 is 0 Å². The zero-order valence-electron chi connectivity index (χ0n) is 15.1. The molecule has 8 nitrogen and oxygen atoms in total. The third-order valence-electron chi connectivity index (χ3n) is 4.23. The molecule has 3 aromatic rings. The minimum atomic E-state index is -0.546. The van der Waals surface area contributed by atoms with Gasteiger partial charge >= 0.3 is 11.9 Å². The van der Waals surface area contributed by atoms with Crippen molar-refractivity contribution in [2.24, 2.45) is 0 Å². The van der Waals surface area contributed by atoms with Gasteiger partial charge in [0.05, 0.1) is 37.5 Å². The van der Waals surface area contributed by atoms with E-state index in [2.05, 4.69) is 9.97 Å². The second-order valence-corrected chi connectivity index (χ2v) is 6.10. The van der Waals surface area contributed by atoms with Crippen LogP contribution in [0.2, 0.25) is 0 Å². The summed E-state index contributed by atoms with van der Waals surface area (Å²) in [5.41, 5.74) is 1.36. The Balaban J connectivity index is 1.75. The van der Waals surface area contributed by atoms with E-state index in [1.807, 2.05) is 12.1 Å². The summed E-state index contributed by atoms with van der Waals surface area (Å²) in [6.45, 7) is 1.45. The molecule has 28 heavy (non-hydrogen) atoms. The van der Waals surface area contributed by atoms with Crippen molar-refractivity contribution in [3.8, 4) is 0 Å². The molecule has 0 aliphatic carbocycles. The first kappa shape index (κ1) is 18.3. The van der Waals surface area contributed by atoms with Gasteiger partial charge in [-0.3, -0.25) is 0 Å². The lowest BCUT2D eigenvalue weighted by molar-refractivity contribution is 0.00199. The molecule has 1 aliphatic heterocycles. The van der Waals surface area contributed by atoms with Gasteiger partial charge < -0.3 is 18.9 Å². The van der Waals surface area contributed by atoms with Gasteiger partial charge in [0.2, 0.25) is 0 Å². The quantitative estimate of drug-likeness (QED) is 0.431. The average molecular weight is 382 g/mol. The van der Waals surface area contributed by atoms with Crippen molar-refractivity contribution >= 4 is 33.7 Å². The molecule has 3 heterocycles. The molecule has 0 N–H and O–H groups in total. The lowest BCUT2D eigenvalue weighted by Gasteiger charge is -2.10. The predicted octanol–water partition coefficient (Wildman–Crippen LogP) is 2.14. The fourth-order valence-electron chi connectivity index (χ4n) is 2.85. The Morgan fingerprint density at radius 1 is 0.571 bits per heavy atom. The normalized spacial score (nSPS) is 16.9. The molecular weight excluding hydrogens is 364 g/mol. The number of ether oxygens (including phenoxy) is 4. The number of rotatable bonds is 0. The van der Waals surface area contributed by atoms with E-state index in [9.17, 15) is 9.59 Å². The maximum absolute atomic E-state index is 12.3. The van der Waals surface area contributed by atoms with Crippen LogP contribution in [0.15, 0.2) is 36.4 Å². The minimum absolute atomic E-state index is 0.119. The number of hydrogen-bond acceptors (Lipinski definition) is 8. The van der Waals surface area contributed by atoms with E-state index in [4.69, 9.17) is 18.9 Å². The van der Waals surface area contributed by atoms with Crippen LogP contribution in [0.4, 0.5) is 0 Å². The molecule has 0 fully saturated rings. The van der Waals surface area contributed by atoms with E-state index in [1.54, 1.807) is 24.3 Å². The number of pyridine rings is 2. The summed E-state index contributed by atoms with van der Waals surface area (Å²) in [6.07, 6.45) is 0. The van der Waals surface area contributed by atoms with Gasteiger partial charge in [0.1, 0.15) is 24.6 Å². The van der Waals surface area contributed by atoms with Gasteiger partial charge in [-0.05, 0) is 12.1 Å². The van der Waals surface area contributed by atoms with Crippen LogP contribution in [0.5, 0.6) is 0 Å². The SMILES string of the molecule is O=C1OCCOCCOCCOC(=O)c2ccc3ccc4ccc1nc4c3n2. The number of hydrogen-bond donors (Lipinski definition) is 0. The monoisotopic (exact) mass is 382 g/mol. The zero-order chi connectivity index (χ0) is 19.3. The molecule has 0 saturated heterocycles. The van der Waals surface area contributed by atoms with Gasteiger partial charge in [0.25, 0.3) is 0 Å². The molecule has 0 atom stereocenters. The molecule has 2 aromatic heterocycles. The number of carbonyl (C=O) groups is 2. The average Bonchev–Trinajstić information content (AvgIpc) is 2.73. The standard InChI is InChI=1S/C20H18N2O6/c23-19-15-5-3-13-1-2-14-4-6-16(22-18(14)17(13)21-15)20(24)28-12-10-26-8-7-25-9-11-27-19/h1-6H,7-12H2. The predicted molar refractivity (Wildman–Crippen MR) is 99.2 cm³/mol. The number of aromatic nitrogens is 2. The Hall–Kier alpha value is -3.10. The molecule has 0 spiro atoms. The first-order valence-corrected chi connectivity index (χ1v) is 8.93. The van der Waals surface area contributed by atoms with Crippen molar-refractivity contribution in [3.05, 3.63) is 47.8 Å². The first-order valence-electron chi connectivity index (χ1n) is 8.93. The molecule has 0 saturated carbocycles. The lowest BCUT2D eigenvalue weighted by Crippen LogP contribution is -2.16. The number of nitrogens with zero attached hydrogens (tertiary/aromatic N) is 2. The third-order valence-corrected chi connectivity index (χ3v) is 4.23. The summed E-state index contributed by atoms with van der Waals surface area (Å²) in [5, 5.41) is 1.60. The van der Waals surface area contributed by atoms with Crippen molar-refractivity contribution in [1.82, 2.24) is 9.97 Å². The van der Waals surface area contributed by atoms with Crippen LogP contribution in [0.3, 0.4) is 0 Å². The summed E-state index contributed by atoms with van der Waals surface area (Å²) in [4.78, 5) is 33.4. The van der Waals surface area contributed by atoms with Gasteiger partial charge in [-0.2, -0.15) is 0 Å². The first-order chi connectivity index (χ1) is 13.7. The Bertz CT molecular complexity index is 953. The molecule has 4 bridgehead atoms.